The Labute approximate surface area is 146 Å². The van der Waals surface area contributed by atoms with Gasteiger partial charge in [-0.3, -0.25) is 9.97 Å². The summed E-state index contributed by atoms with van der Waals surface area (Å²) in [6, 6.07) is 12.4. The van der Waals surface area contributed by atoms with E-state index in [1.54, 1.807) is 6.20 Å². The molecule has 0 unspecified atom stereocenters. The zero-order valence-corrected chi connectivity index (χ0v) is 13.9. The number of pyridine rings is 2. The van der Waals surface area contributed by atoms with Crippen LogP contribution >= 0.6 is 0 Å². The molecule has 6 heteroatoms. The van der Waals surface area contributed by atoms with Gasteiger partial charge < -0.3 is 10.6 Å². The van der Waals surface area contributed by atoms with Gasteiger partial charge in [-0.05, 0) is 37.1 Å². The van der Waals surface area contributed by atoms with Gasteiger partial charge in [0.05, 0.1) is 5.69 Å². The Hall–Kier alpha value is -3.02. The normalized spacial score (nSPS) is 13.4. The Balaban J connectivity index is 1.51. The lowest BCUT2D eigenvalue weighted by Crippen LogP contribution is -2.11. The minimum atomic E-state index is 0.505. The van der Waals surface area contributed by atoms with Crippen LogP contribution in [-0.2, 0) is 6.42 Å². The number of nitrogens with zero attached hydrogens (tertiary/aromatic N) is 4. The van der Waals surface area contributed by atoms with Gasteiger partial charge in [0.25, 0.3) is 0 Å². The fraction of sp³-hybridized carbons (Fsp3) is 0.263. The number of anilines is 2. The second kappa shape index (κ2) is 7.25. The molecule has 1 aliphatic rings. The first-order chi connectivity index (χ1) is 12.4. The summed E-state index contributed by atoms with van der Waals surface area (Å²) in [6.07, 6.45) is 8.61. The number of aromatic nitrogens is 4. The van der Waals surface area contributed by atoms with E-state index in [-0.39, 0.29) is 0 Å². The molecule has 4 rings (SSSR count). The Morgan fingerprint density at radius 1 is 1.04 bits per heavy atom. The third-order valence-electron chi connectivity index (χ3n) is 4.01. The summed E-state index contributed by atoms with van der Waals surface area (Å²) in [5.41, 5.74) is 2.91. The predicted molar refractivity (Wildman–Crippen MR) is 98.3 cm³/mol. The van der Waals surface area contributed by atoms with E-state index >= 15 is 0 Å². The summed E-state index contributed by atoms with van der Waals surface area (Å²) in [6.45, 7) is 0.767. The Bertz CT molecular complexity index is 818. The Kier molecular flexibility index (Phi) is 4.50. The lowest BCUT2D eigenvalue weighted by atomic mass is 10.2. The van der Waals surface area contributed by atoms with Crippen molar-refractivity contribution in [3.05, 3.63) is 60.7 Å². The fourth-order valence-corrected chi connectivity index (χ4v) is 2.54. The molecule has 0 bridgehead atoms. The maximum atomic E-state index is 4.64. The van der Waals surface area contributed by atoms with Crippen molar-refractivity contribution in [3.63, 3.8) is 0 Å². The number of hydrogen-bond donors (Lipinski definition) is 2. The molecule has 3 heterocycles. The third kappa shape index (κ3) is 4.29. The zero-order chi connectivity index (χ0) is 16.9. The summed E-state index contributed by atoms with van der Waals surface area (Å²) < 4.78 is 0. The van der Waals surface area contributed by atoms with E-state index in [0.717, 1.165) is 35.7 Å². The Morgan fingerprint density at radius 3 is 2.76 bits per heavy atom. The summed E-state index contributed by atoms with van der Waals surface area (Å²) >= 11 is 0. The summed E-state index contributed by atoms with van der Waals surface area (Å²) in [7, 11) is 0. The van der Waals surface area contributed by atoms with Crippen molar-refractivity contribution in [2.45, 2.75) is 25.3 Å². The standard InChI is InChI=1S/C19H20N6/c1-2-10-21-15(5-1)8-11-22-18-12-17(14-4-3-9-20-13-14)24-19(25-18)23-16-6-7-16/h1-5,9-10,12-13,16H,6-8,11H2,(H2,22,23,24,25). The molecule has 6 nitrogen and oxygen atoms in total. The van der Waals surface area contributed by atoms with E-state index in [9.17, 15) is 0 Å². The highest BCUT2D eigenvalue weighted by atomic mass is 15.2. The number of rotatable bonds is 7. The number of hydrogen-bond acceptors (Lipinski definition) is 6. The van der Waals surface area contributed by atoms with Crippen molar-refractivity contribution in [1.82, 2.24) is 19.9 Å². The second-order valence-corrected chi connectivity index (χ2v) is 6.12. The van der Waals surface area contributed by atoms with Gasteiger partial charge >= 0.3 is 0 Å². The maximum absolute atomic E-state index is 4.64. The lowest BCUT2D eigenvalue weighted by molar-refractivity contribution is 0.949. The molecule has 1 aliphatic carbocycles. The molecule has 0 saturated heterocycles. The van der Waals surface area contributed by atoms with Crippen LogP contribution in [0.25, 0.3) is 11.3 Å². The first-order valence-electron chi connectivity index (χ1n) is 8.56. The van der Waals surface area contributed by atoms with Crippen LogP contribution in [0.1, 0.15) is 18.5 Å². The highest BCUT2D eigenvalue weighted by molar-refractivity contribution is 5.63. The van der Waals surface area contributed by atoms with Crippen LogP contribution in [0.15, 0.2) is 55.0 Å². The van der Waals surface area contributed by atoms with Gasteiger partial charge in [-0.1, -0.05) is 6.07 Å². The van der Waals surface area contributed by atoms with Gasteiger partial charge in [0.2, 0.25) is 5.95 Å². The van der Waals surface area contributed by atoms with Gasteiger partial charge in [0, 0.05) is 54.9 Å². The summed E-state index contributed by atoms with van der Waals surface area (Å²) in [5, 5.41) is 6.77. The molecule has 0 aromatic carbocycles. The Morgan fingerprint density at radius 2 is 2.00 bits per heavy atom. The minimum Gasteiger partial charge on any atom is -0.369 e. The molecule has 3 aromatic rings. The van der Waals surface area contributed by atoms with Crippen LogP contribution in [0.3, 0.4) is 0 Å². The van der Waals surface area contributed by atoms with Crippen LogP contribution in [0, 0.1) is 0 Å². The average Bonchev–Trinajstić information content (AvgIpc) is 3.47. The molecular weight excluding hydrogens is 312 g/mol. The van der Waals surface area contributed by atoms with Crippen molar-refractivity contribution < 1.29 is 0 Å². The van der Waals surface area contributed by atoms with E-state index in [1.165, 1.54) is 12.8 Å². The first-order valence-corrected chi connectivity index (χ1v) is 8.56. The molecule has 3 aromatic heterocycles. The summed E-state index contributed by atoms with van der Waals surface area (Å²) in [5.74, 6) is 1.48. The van der Waals surface area contributed by atoms with Crippen LogP contribution < -0.4 is 10.6 Å². The minimum absolute atomic E-state index is 0.505. The highest BCUT2D eigenvalue weighted by Gasteiger charge is 2.22. The number of nitrogens with one attached hydrogen (secondary N) is 2. The van der Waals surface area contributed by atoms with E-state index in [4.69, 9.17) is 0 Å². The van der Waals surface area contributed by atoms with Crippen molar-refractivity contribution in [2.24, 2.45) is 0 Å². The summed E-state index contributed by atoms with van der Waals surface area (Å²) in [4.78, 5) is 17.8. The lowest BCUT2D eigenvalue weighted by Gasteiger charge is -2.11. The van der Waals surface area contributed by atoms with Crippen LogP contribution in [0.2, 0.25) is 0 Å². The molecule has 25 heavy (non-hydrogen) atoms. The quantitative estimate of drug-likeness (QED) is 0.692. The molecule has 0 aliphatic heterocycles. The average molecular weight is 332 g/mol. The molecule has 2 N–H and O–H groups in total. The highest BCUT2D eigenvalue weighted by Crippen LogP contribution is 2.26. The maximum Gasteiger partial charge on any atom is 0.225 e. The van der Waals surface area contributed by atoms with Crippen molar-refractivity contribution in [1.29, 1.82) is 0 Å². The van der Waals surface area contributed by atoms with Gasteiger partial charge in [-0.25, -0.2) is 4.98 Å². The van der Waals surface area contributed by atoms with E-state index in [0.29, 0.717) is 12.0 Å². The SMILES string of the molecule is c1ccc(CCNc2cc(-c3cccnc3)nc(NC3CC3)n2)nc1. The topological polar surface area (TPSA) is 75.6 Å². The largest absolute Gasteiger partial charge is 0.369 e. The second-order valence-electron chi connectivity index (χ2n) is 6.12. The van der Waals surface area contributed by atoms with E-state index in [2.05, 4.69) is 30.6 Å². The van der Waals surface area contributed by atoms with E-state index < -0.39 is 0 Å². The van der Waals surface area contributed by atoms with Gasteiger partial charge in [-0.15, -0.1) is 0 Å². The predicted octanol–water partition coefficient (Wildman–Crippen LogP) is 3.16. The molecule has 126 valence electrons. The van der Waals surface area contributed by atoms with Crippen molar-refractivity contribution >= 4 is 11.8 Å². The van der Waals surface area contributed by atoms with Gasteiger partial charge in [-0.2, -0.15) is 4.98 Å². The van der Waals surface area contributed by atoms with Crippen LogP contribution in [0.4, 0.5) is 11.8 Å². The molecule has 0 spiro atoms. The smallest absolute Gasteiger partial charge is 0.225 e. The molecule has 0 amide bonds. The van der Waals surface area contributed by atoms with Gasteiger partial charge in [0.1, 0.15) is 5.82 Å². The van der Waals surface area contributed by atoms with Crippen molar-refractivity contribution in [2.75, 3.05) is 17.2 Å². The monoisotopic (exact) mass is 332 g/mol. The van der Waals surface area contributed by atoms with Crippen molar-refractivity contribution in [3.8, 4) is 11.3 Å². The fourth-order valence-electron chi connectivity index (χ4n) is 2.54. The van der Waals surface area contributed by atoms with Crippen LogP contribution in [-0.4, -0.2) is 32.5 Å². The van der Waals surface area contributed by atoms with Gasteiger partial charge in [0.15, 0.2) is 0 Å². The molecule has 1 saturated carbocycles. The molecule has 0 radical (unpaired) electrons. The first kappa shape index (κ1) is 15.5. The molecule has 0 atom stereocenters. The van der Waals surface area contributed by atoms with Crippen LogP contribution in [0.5, 0.6) is 0 Å². The third-order valence-corrected chi connectivity index (χ3v) is 4.01. The molecular formula is C19H20N6. The zero-order valence-electron chi connectivity index (χ0n) is 13.9. The van der Waals surface area contributed by atoms with E-state index in [1.807, 2.05) is 48.8 Å². The molecule has 1 fully saturated rings.